The molecule has 2 N–H and O–H groups in total. The van der Waals surface area contributed by atoms with Crippen molar-refractivity contribution < 1.29 is 4.74 Å². The van der Waals surface area contributed by atoms with Crippen LogP contribution in [0.2, 0.25) is 5.02 Å². The van der Waals surface area contributed by atoms with Crippen LogP contribution < -0.4 is 10.5 Å². The second-order valence-corrected chi connectivity index (χ2v) is 6.08. The normalized spacial score (nSPS) is 14.0. The van der Waals surface area contributed by atoms with Gasteiger partial charge in [-0.3, -0.25) is 0 Å². The van der Waals surface area contributed by atoms with E-state index in [-0.39, 0.29) is 12.1 Å². The summed E-state index contributed by atoms with van der Waals surface area (Å²) in [4.78, 5) is 0. The Morgan fingerprint density at radius 2 is 1.71 bits per heavy atom. The third-order valence-corrected chi connectivity index (χ3v) is 4.02. The quantitative estimate of drug-likeness (QED) is 0.865. The molecule has 2 unspecified atom stereocenters. The van der Waals surface area contributed by atoms with Crippen molar-refractivity contribution in [3.8, 4) is 5.75 Å². The second kappa shape index (κ2) is 6.97. The fraction of sp³-hybridized carbons (Fsp3) is 0.333. The molecule has 2 aromatic rings. The van der Waals surface area contributed by atoms with Gasteiger partial charge in [0, 0.05) is 5.02 Å². The van der Waals surface area contributed by atoms with Crippen molar-refractivity contribution in [1.82, 2.24) is 0 Å². The molecule has 0 heterocycles. The van der Waals surface area contributed by atoms with Crippen LogP contribution in [-0.4, -0.2) is 6.10 Å². The number of rotatable bonds is 5. The van der Waals surface area contributed by atoms with E-state index in [0.717, 1.165) is 21.9 Å². The Morgan fingerprint density at radius 3 is 2.29 bits per heavy atom. The molecule has 0 saturated carbocycles. The van der Waals surface area contributed by atoms with Gasteiger partial charge in [0.15, 0.2) is 0 Å². The van der Waals surface area contributed by atoms with Crippen molar-refractivity contribution in [1.29, 1.82) is 0 Å². The number of hydrogen-bond acceptors (Lipinski definition) is 2. The van der Waals surface area contributed by atoms with Gasteiger partial charge in [0.2, 0.25) is 0 Å². The molecule has 0 spiro atoms. The predicted molar refractivity (Wildman–Crippen MR) is 88.8 cm³/mol. The number of ether oxygens (including phenoxy) is 1. The summed E-state index contributed by atoms with van der Waals surface area (Å²) < 4.78 is 6.14. The molecule has 21 heavy (non-hydrogen) atoms. The number of benzene rings is 2. The highest BCUT2D eigenvalue weighted by atomic mass is 35.5. The highest BCUT2D eigenvalue weighted by Crippen LogP contribution is 2.27. The van der Waals surface area contributed by atoms with Gasteiger partial charge >= 0.3 is 0 Å². The fourth-order valence-corrected chi connectivity index (χ4v) is 2.45. The topological polar surface area (TPSA) is 35.2 Å². The van der Waals surface area contributed by atoms with E-state index in [1.54, 1.807) is 0 Å². The molecule has 2 rings (SSSR count). The van der Waals surface area contributed by atoms with Gasteiger partial charge < -0.3 is 10.5 Å². The van der Waals surface area contributed by atoms with Crippen molar-refractivity contribution in [2.45, 2.75) is 32.9 Å². The lowest BCUT2D eigenvalue weighted by atomic mass is 9.94. The molecule has 3 heteroatoms. The summed E-state index contributed by atoms with van der Waals surface area (Å²) in [6.07, 6.45) is -0.0898. The molecular formula is C18H22ClNO. The predicted octanol–water partition coefficient (Wildman–Crippen LogP) is 4.75. The maximum atomic E-state index is 6.40. The van der Waals surface area contributed by atoms with Crippen molar-refractivity contribution in [2.75, 3.05) is 0 Å². The van der Waals surface area contributed by atoms with E-state index in [9.17, 15) is 0 Å². The van der Waals surface area contributed by atoms with Crippen molar-refractivity contribution in [3.63, 3.8) is 0 Å². The van der Waals surface area contributed by atoms with Gasteiger partial charge in [0.1, 0.15) is 11.9 Å². The van der Waals surface area contributed by atoms with Gasteiger partial charge in [-0.15, -0.1) is 0 Å². The average Bonchev–Trinajstić information content (AvgIpc) is 2.48. The lowest BCUT2D eigenvalue weighted by molar-refractivity contribution is 0.123. The summed E-state index contributed by atoms with van der Waals surface area (Å²) >= 11 is 6.06. The van der Waals surface area contributed by atoms with E-state index in [2.05, 4.69) is 13.8 Å². The number of halogens is 1. The Balaban J connectivity index is 2.21. The molecule has 112 valence electrons. The molecule has 2 nitrogen and oxygen atoms in total. The Hall–Kier alpha value is -1.51. The number of nitrogens with two attached hydrogens (primary N) is 1. The molecule has 0 fully saturated rings. The van der Waals surface area contributed by atoms with Crippen LogP contribution in [0.5, 0.6) is 5.75 Å². The van der Waals surface area contributed by atoms with Gasteiger partial charge in [-0.2, -0.15) is 0 Å². The minimum absolute atomic E-state index is 0.0898. The van der Waals surface area contributed by atoms with Crippen LogP contribution in [0, 0.1) is 12.8 Å². The number of hydrogen-bond donors (Lipinski definition) is 1. The minimum Gasteiger partial charge on any atom is -0.488 e. The zero-order valence-electron chi connectivity index (χ0n) is 12.7. The summed E-state index contributed by atoms with van der Waals surface area (Å²) in [6.45, 7) is 6.21. The highest BCUT2D eigenvalue weighted by Gasteiger charge is 2.24. The van der Waals surface area contributed by atoms with E-state index >= 15 is 0 Å². The minimum atomic E-state index is -0.165. The third-order valence-electron chi connectivity index (χ3n) is 3.60. The van der Waals surface area contributed by atoms with Crippen molar-refractivity contribution >= 4 is 11.6 Å². The lowest BCUT2D eigenvalue weighted by Crippen LogP contribution is -2.35. The largest absolute Gasteiger partial charge is 0.488 e. The summed E-state index contributed by atoms with van der Waals surface area (Å²) in [5, 5.41) is 0.746. The lowest BCUT2D eigenvalue weighted by Gasteiger charge is -2.28. The van der Waals surface area contributed by atoms with Crippen LogP contribution in [0.1, 0.15) is 31.0 Å². The van der Waals surface area contributed by atoms with E-state index in [0.29, 0.717) is 5.92 Å². The first-order chi connectivity index (χ1) is 9.99. The zero-order valence-corrected chi connectivity index (χ0v) is 13.5. The van der Waals surface area contributed by atoms with Crippen LogP contribution in [0.3, 0.4) is 0 Å². The molecule has 0 amide bonds. The molecule has 0 aliphatic carbocycles. The Labute approximate surface area is 131 Å². The summed E-state index contributed by atoms with van der Waals surface area (Å²) in [6, 6.07) is 15.6. The van der Waals surface area contributed by atoms with Crippen LogP contribution in [-0.2, 0) is 0 Å². The highest BCUT2D eigenvalue weighted by molar-refractivity contribution is 6.31. The first-order valence-electron chi connectivity index (χ1n) is 7.22. The molecule has 0 saturated heterocycles. The Morgan fingerprint density at radius 1 is 1.05 bits per heavy atom. The van der Waals surface area contributed by atoms with Gasteiger partial charge in [-0.25, -0.2) is 0 Å². The van der Waals surface area contributed by atoms with Crippen LogP contribution in [0.25, 0.3) is 0 Å². The van der Waals surface area contributed by atoms with E-state index in [4.69, 9.17) is 22.1 Å². The molecule has 0 aliphatic heterocycles. The first-order valence-corrected chi connectivity index (χ1v) is 7.60. The van der Waals surface area contributed by atoms with Gasteiger partial charge in [-0.05, 0) is 42.2 Å². The van der Waals surface area contributed by atoms with Crippen LogP contribution >= 0.6 is 11.6 Å². The van der Waals surface area contributed by atoms with Gasteiger partial charge in [0.25, 0.3) is 0 Å². The molecule has 0 radical (unpaired) electrons. The average molecular weight is 304 g/mol. The Kier molecular flexibility index (Phi) is 5.27. The summed E-state index contributed by atoms with van der Waals surface area (Å²) in [5.41, 5.74) is 8.49. The Bertz CT molecular complexity index is 583. The SMILES string of the molecule is Cc1cc(OC(C(C)C)C(N)c2ccccc2)ccc1Cl. The molecule has 2 aromatic carbocycles. The van der Waals surface area contributed by atoms with Crippen LogP contribution in [0.4, 0.5) is 0 Å². The van der Waals surface area contributed by atoms with Crippen molar-refractivity contribution in [3.05, 3.63) is 64.7 Å². The van der Waals surface area contributed by atoms with Crippen LogP contribution in [0.15, 0.2) is 48.5 Å². The fourth-order valence-electron chi connectivity index (χ4n) is 2.34. The summed E-state index contributed by atoms with van der Waals surface area (Å²) in [7, 11) is 0. The van der Waals surface area contributed by atoms with E-state index in [1.807, 2.05) is 55.5 Å². The molecule has 0 aliphatic rings. The van der Waals surface area contributed by atoms with Gasteiger partial charge in [-0.1, -0.05) is 55.8 Å². The summed E-state index contributed by atoms with van der Waals surface area (Å²) in [5.74, 6) is 1.11. The van der Waals surface area contributed by atoms with Crippen molar-refractivity contribution in [2.24, 2.45) is 11.7 Å². The smallest absolute Gasteiger partial charge is 0.120 e. The van der Waals surface area contributed by atoms with E-state index < -0.39 is 0 Å². The van der Waals surface area contributed by atoms with E-state index in [1.165, 1.54) is 0 Å². The maximum Gasteiger partial charge on any atom is 0.120 e. The van der Waals surface area contributed by atoms with Gasteiger partial charge in [0.05, 0.1) is 6.04 Å². The molecular weight excluding hydrogens is 282 g/mol. The molecule has 2 atom stereocenters. The monoisotopic (exact) mass is 303 g/mol. The third kappa shape index (κ3) is 3.99. The first kappa shape index (κ1) is 15.9. The second-order valence-electron chi connectivity index (χ2n) is 5.67. The number of aryl methyl sites for hydroxylation is 1. The maximum absolute atomic E-state index is 6.40. The zero-order chi connectivity index (χ0) is 15.4. The standard InChI is InChI=1S/C18H22ClNO/c1-12(2)18(17(20)14-7-5-4-6-8-14)21-15-9-10-16(19)13(3)11-15/h4-12,17-18H,20H2,1-3H3. The molecule has 0 bridgehead atoms. The molecule has 0 aromatic heterocycles.